The Morgan fingerprint density at radius 3 is 2.29 bits per heavy atom. The Labute approximate surface area is 99.5 Å². The second kappa shape index (κ2) is 7.48. The third-order valence-electron chi connectivity index (χ3n) is 1.92. The summed E-state index contributed by atoms with van der Waals surface area (Å²) in [6.45, 7) is 4.93. The van der Waals surface area contributed by atoms with Gasteiger partial charge in [-0.15, -0.1) is 0 Å². The van der Waals surface area contributed by atoms with Crippen molar-refractivity contribution in [3.63, 3.8) is 0 Å². The van der Waals surface area contributed by atoms with Crippen molar-refractivity contribution in [3.05, 3.63) is 0 Å². The van der Waals surface area contributed by atoms with Crippen molar-refractivity contribution in [3.8, 4) is 0 Å². The molecular formula is C10H18N2O5. The minimum Gasteiger partial charge on any atom is -0.480 e. The second-order valence-electron chi connectivity index (χ2n) is 3.69. The number of nitrogens with one attached hydrogen (secondary N) is 2. The topological polar surface area (TPSA) is 105 Å². The molecule has 7 nitrogen and oxygen atoms in total. The van der Waals surface area contributed by atoms with E-state index < -0.39 is 24.0 Å². The zero-order valence-electron chi connectivity index (χ0n) is 10.1. The number of rotatable bonds is 6. The van der Waals surface area contributed by atoms with Gasteiger partial charge in [0, 0.05) is 0 Å². The van der Waals surface area contributed by atoms with Gasteiger partial charge >= 0.3 is 18.0 Å². The van der Waals surface area contributed by atoms with E-state index in [4.69, 9.17) is 5.11 Å². The summed E-state index contributed by atoms with van der Waals surface area (Å²) in [5.74, 6) is -1.94. The van der Waals surface area contributed by atoms with Gasteiger partial charge in [-0.3, -0.25) is 4.79 Å². The number of aliphatic carboxylic acids is 1. The average molecular weight is 246 g/mol. The van der Waals surface area contributed by atoms with E-state index in [2.05, 4.69) is 15.4 Å². The highest BCUT2D eigenvalue weighted by Crippen LogP contribution is 2.00. The predicted octanol–water partition coefficient (Wildman–Crippen LogP) is -0.0421. The van der Waals surface area contributed by atoms with Crippen LogP contribution in [-0.4, -0.2) is 42.3 Å². The largest absolute Gasteiger partial charge is 0.480 e. The summed E-state index contributed by atoms with van der Waals surface area (Å²) in [6, 6.07) is -1.70. The molecule has 0 aliphatic rings. The summed E-state index contributed by atoms with van der Waals surface area (Å²) in [7, 11) is 0. The molecule has 0 saturated heterocycles. The Balaban J connectivity index is 4.07. The standard InChI is InChI=1S/C10H18N2O5/c1-4-17-7(13)5-11-10(16)12-8(6(2)3)9(14)15/h6,8H,4-5H2,1-3H3,(H,14,15)(H2,11,12,16)/t8-/m0/s1. The lowest BCUT2D eigenvalue weighted by Gasteiger charge is -2.17. The van der Waals surface area contributed by atoms with Crippen LogP contribution in [0.3, 0.4) is 0 Å². The molecule has 0 aliphatic carbocycles. The van der Waals surface area contributed by atoms with Crippen LogP contribution in [0.2, 0.25) is 0 Å². The van der Waals surface area contributed by atoms with Gasteiger partial charge in [0.15, 0.2) is 0 Å². The summed E-state index contributed by atoms with van der Waals surface area (Å²) in [4.78, 5) is 33.0. The maximum absolute atomic E-state index is 11.3. The molecule has 0 unspecified atom stereocenters. The summed E-state index contributed by atoms with van der Waals surface area (Å²) in [6.07, 6.45) is 0. The number of esters is 1. The quantitative estimate of drug-likeness (QED) is 0.570. The Morgan fingerprint density at radius 2 is 1.88 bits per heavy atom. The summed E-state index contributed by atoms with van der Waals surface area (Å²) in [5, 5.41) is 13.3. The van der Waals surface area contributed by atoms with Gasteiger partial charge in [0.1, 0.15) is 12.6 Å². The molecule has 0 aromatic carbocycles. The molecule has 0 spiro atoms. The van der Waals surface area contributed by atoms with E-state index >= 15 is 0 Å². The van der Waals surface area contributed by atoms with E-state index in [9.17, 15) is 14.4 Å². The lowest BCUT2D eigenvalue weighted by atomic mass is 10.1. The second-order valence-corrected chi connectivity index (χ2v) is 3.69. The first-order valence-electron chi connectivity index (χ1n) is 5.31. The Morgan fingerprint density at radius 1 is 1.29 bits per heavy atom. The van der Waals surface area contributed by atoms with Crippen LogP contribution in [0, 0.1) is 5.92 Å². The third kappa shape index (κ3) is 6.39. The minimum atomic E-state index is -1.12. The van der Waals surface area contributed by atoms with Crippen LogP contribution in [0.5, 0.6) is 0 Å². The van der Waals surface area contributed by atoms with E-state index in [1.165, 1.54) is 0 Å². The number of carbonyl (C=O) groups excluding carboxylic acids is 2. The highest BCUT2D eigenvalue weighted by atomic mass is 16.5. The van der Waals surface area contributed by atoms with Crippen LogP contribution in [0.1, 0.15) is 20.8 Å². The maximum Gasteiger partial charge on any atom is 0.326 e. The monoisotopic (exact) mass is 246 g/mol. The van der Waals surface area contributed by atoms with Crippen molar-refractivity contribution in [2.24, 2.45) is 5.92 Å². The molecule has 0 heterocycles. The molecule has 0 aromatic rings. The zero-order chi connectivity index (χ0) is 13.4. The molecule has 1 atom stereocenters. The normalized spacial score (nSPS) is 11.8. The fourth-order valence-electron chi connectivity index (χ4n) is 1.07. The highest BCUT2D eigenvalue weighted by Gasteiger charge is 2.23. The van der Waals surface area contributed by atoms with Crippen molar-refractivity contribution < 1.29 is 24.2 Å². The number of urea groups is 1. The highest BCUT2D eigenvalue weighted by molar-refractivity contribution is 5.85. The number of ether oxygens (including phenoxy) is 1. The summed E-state index contributed by atoms with van der Waals surface area (Å²) >= 11 is 0. The fourth-order valence-corrected chi connectivity index (χ4v) is 1.07. The van der Waals surface area contributed by atoms with Gasteiger partial charge in [-0.05, 0) is 12.8 Å². The first-order chi connectivity index (χ1) is 7.88. The summed E-state index contributed by atoms with van der Waals surface area (Å²) in [5.41, 5.74) is 0. The number of hydrogen-bond acceptors (Lipinski definition) is 4. The molecule has 17 heavy (non-hydrogen) atoms. The van der Waals surface area contributed by atoms with Crippen molar-refractivity contribution >= 4 is 18.0 Å². The SMILES string of the molecule is CCOC(=O)CNC(=O)N[C@H](C(=O)O)C(C)C. The molecule has 0 aliphatic heterocycles. The molecule has 0 radical (unpaired) electrons. The third-order valence-corrected chi connectivity index (χ3v) is 1.92. The first kappa shape index (κ1) is 15.2. The van der Waals surface area contributed by atoms with Crippen molar-refractivity contribution in [1.82, 2.24) is 10.6 Å². The Hall–Kier alpha value is -1.79. The molecule has 0 fully saturated rings. The molecule has 3 N–H and O–H groups in total. The molecule has 0 saturated carbocycles. The number of carboxylic acids is 1. The molecule has 0 aromatic heterocycles. The van der Waals surface area contributed by atoms with Crippen LogP contribution >= 0.6 is 0 Å². The Bertz CT molecular complexity index is 290. The van der Waals surface area contributed by atoms with Crippen molar-refractivity contribution in [2.75, 3.05) is 13.2 Å². The van der Waals surface area contributed by atoms with Crippen molar-refractivity contribution in [1.29, 1.82) is 0 Å². The van der Waals surface area contributed by atoms with Gasteiger partial charge in [-0.2, -0.15) is 0 Å². The Kier molecular flexibility index (Phi) is 6.69. The van der Waals surface area contributed by atoms with E-state index in [0.717, 1.165) is 0 Å². The lowest BCUT2D eigenvalue weighted by molar-refractivity contribution is -0.141. The van der Waals surface area contributed by atoms with Gasteiger partial charge < -0.3 is 20.5 Å². The molecule has 0 bridgehead atoms. The smallest absolute Gasteiger partial charge is 0.326 e. The maximum atomic E-state index is 11.3. The molecule has 98 valence electrons. The lowest BCUT2D eigenvalue weighted by Crippen LogP contribution is -2.49. The van der Waals surface area contributed by atoms with Gasteiger partial charge in [0.2, 0.25) is 0 Å². The predicted molar refractivity (Wildman–Crippen MR) is 59.4 cm³/mol. The fraction of sp³-hybridized carbons (Fsp3) is 0.700. The van der Waals surface area contributed by atoms with Crippen LogP contribution in [-0.2, 0) is 14.3 Å². The van der Waals surface area contributed by atoms with Gasteiger partial charge in [-0.25, -0.2) is 9.59 Å². The van der Waals surface area contributed by atoms with Crippen LogP contribution in [0.25, 0.3) is 0 Å². The number of amides is 2. The van der Waals surface area contributed by atoms with Crippen molar-refractivity contribution in [2.45, 2.75) is 26.8 Å². The molecule has 7 heteroatoms. The van der Waals surface area contributed by atoms with Gasteiger partial charge in [-0.1, -0.05) is 13.8 Å². The minimum absolute atomic E-state index is 0.228. The molecule has 0 rings (SSSR count). The van der Waals surface area contributed by atoms with Crippen LogP contribution in [0.15, 0.2) is 0 Å². The molecular weight excluding hydrogens is 228 g/mol. The average Bonchev–Trinajstić information content (AvgIpc) is 2.22. The van der Waals surface area contributed by atoms with Gasteiger partial charge in [0.05, 0.1) is 6.61 Å². The first-order valence-corrected chi connectivity index (χ1v) is 5.31. The van der Waals surface area contributed by atoms with E-state index in [1.54, 1.807) is 20.8 Å². The number of carbonyl (C=O) groups is 3. The van der Waals surface area contributed by atoms with Gasteiger partial charge in [0.25, 0.3) is 0 Å². The van der Waals surface area contributed by atoms with Crippen LogP contribution in [0.4, 0.5) is 4.79 Å². The van der Waals surface area contributed by atoms with Crippen LogP contribution < -0.4 is 10.6 Å². The van der Waals surface area contributed by atoms with E-state index in [-0.39, 0.29) is 19.1 Å². The van der Waals surface area contributed by atoms with E-state index in [0.29, 0.717) is 0 Å². The van der Waals surface area contributed by atoms with E-state index in [1.807, 2.05) is 0 Å². The summed E-state index contributed by atoms with van der Waals surface area (Å²) < 4.78 is 4.59. The zero-order valence-corrected chi connectivity index (χ0v) is 10.1. The number of carboxylic acid groups (broad SMARTS) is 1. The molecule has 2 amide bonds. The number of hydrogen-bond donors (Lipinski definition) is 3.